The lowest BCUT2D eigenvalue weighted by atomic mass is 9.75. The number of rotatable bonds is 5. The van der Waals surface area contributed by atoms with Gasteiger partial charge in [-0.2, -0.15) is 0 Å². The number of aryl methyl sites for hydroxylation is 1. The molecule has 2 aromatic rings. The molecular formula is C20H26N2O. The molecule has 0 bridgehead atoms. The highest BCUT2D eigenvalue weighted by Gasteiger charge is 2.35. The fourth-order valence-electron chi connectivity index (χ4n) is 3.71. The van der Waals surface area contributed by atoms with E-state index in [1.54, 1.807) is 0 Å². The number of hydrogen-bond donors (Lipinski definition) is 1. The molecular weight excluding hydrogens is 284 g/mol. The number of pyridine rings is 1. The third-order valence-corrected chi connectivity index (χ3v) is 5.01. The smallest absolute Gasteiger partial charge is 0.0543 e. The van der Waals surface area contributed by atoms with Gasteiger partial charge in [-0.15, -0.1) is 0 Å². The zero-order valence-electron chi connectivity index (χ0n) is 13.9. The van der Waals surface area contributed by atoms with E-state index in [4.69, 9.17) is 0 Å². The zero-order chi connectivity index (χ0) is 16.1. The molecule has 1 atom stereocenters. The van der Waals surface area contributed by atoms with E-state index in [0.29, 0.717) is 0 Å². The monoisotopic (exact) mass is 310 g/mol. The number of aliphatic hydroxyl groups is 1. The highest BCUT2D eigenvalue weighted by Crippen LogP contribution is 2.34. The summed E-state index contributed by atoms with van der Waals surface area (Å²) in [7, 11) is 0. The molecule has 0 aliphatic carbocycles. The molecule has 1 aliphatic rings. The van der Waals surface area contributed by atoms with Crippen molar-refractivity contribution in [3.8, 4) is 0 Å². The number of nitrogens with zero attached hydrogens (tertiary/aromatic N) is 2. The van der Waals surface area contributed by atoms with E-state index < -0.39 is 0 Å². The third-order valence-electron chi connectivity index (χ3n) is 5.01. The summed E-state index contributed by atoms with van der Waals surface area (Å²) in [6.45, 7) is 5.31. The van der Waals surface area contributed by atoms with Crippen LogP contribution in [0.5, 0.6) is 0 Å². The summed E-state index contributed by atoms with van der Waals surface area (Å²) in [6.07, 6.45) is 5.04. The first-order valence-corrected chi connectivity index (χ1v) is 8.48. The molecule has 0 unspecified atom stereocenters. The maximum absolute atomic E-state index is 10.1. The minimum Gasteiger partial charge on any atom is -0.396 e. The van der Waals surface area contributed by atoms with Gasteiger partial charge in [-0.3, -0.25) is 9.88 Å². The molecule has 0 amide bonds. The Bertz CT molecular complexity index is 629. The maximum atomic E-state index is 10.1. The SMILES string of the molecule is Cc1ccccc1C[C@@]1(CO)CCCN(Cc2ccccn2)C1. The van der Waals surface area contributed by atoms with Crippen LogP contribution in [0, 0.1) is 12.3 Å². The molecule has 3 heteroatoms. The van der Waals surface area contributed by atoms with Crippen LogP contribution in [0.2, 0.25) is 0 Å². The first-order valence-electron chi connectivity index (χ1n) is 8.48. The van der Waals surface area contributed by atoms with Crippen LogP contribution in [0.3, 0.4) is 0 Å². The highest BCUT2D eigenvalue weighted by molar-refractivity contribution is 5.27. The molecule has 23 heavy (non-hydrogen) atoms. The highest BCUT2D eigenvalue weighted by atomic mass is 16.3. The van der Waals surface area contributed by atoms with Crippen molar-refractivity contribution in [3.63, 3.8) is 0 Å². The summed E-state index contributed by atoms with van der Waals surface area (Å²) in [5, 5.41) is 10.1. The number of benzene rings is 1. The molecule has 0 radical (unpaired) electrons. The molecule has 1 fully saturated rings. The van der Waals surface area contributed by atoms with Gasteiger partial charge in [-0.1, -0.05) is 30.3 Å². The van der Waals surface area contributed by atoms with Gasteiger partial charge in [-0.25, -0.2) is 0 Å². The van der Waals surface area contributed by atoms with Crippen LogP contribution in [0.1, 0.15) is 29.7 Å². The number of hydrogen-bond acceptors (Lipinski definition) is 3. The topological polar surface area (TPSA) is 36.4 Å². The molecule has 3 rings (SSSR count). The second-order valence-electron chi connectivity index (χ2n) is 6.90. The largest absolute Gasteiger partial charge is 0.396 e. The Morgan fingerprint density at radius 3 is 2.74 bits per heavy atom. The third kappa shape index (κ3) is 3.98. The van der Waals surface area contributed by atoms with Crippen LogP contribution < -0.4 is 0 Å². The van der Waals surface area contributed by atoms with Gasteiger partial charge in [0.25, 0.3) is 0 Å². The van der Waals surface area contributed by atoms with Crippen LogP contribution in [-0.2, 0) is 13.0 Å². The number of aromatic nitrogens is 1. The van der Waals surface area contributed by atoms with Crippen LogP contribution in [0.25, 0.3) is 0 Å². The Balaban J connectivity index is 1.72. The van der Waals surface area contributed by atoms with Crippen molar-refractivity contribution in [2.45, 2.75) is 32.7 Å². The van der Waals surface area contributed by atoms with Crippen LogP contribution in [-0.4, -0.2) is 34.7 Å². The second kappa shape index (κ2) is 7.24. The van der Waals surface area contributed by atoms with Gasteiger partial charge in [0.1, 0.15) is 0 Å². The quantitative estimate of drug-likeness (QED) is 0.921. The van der Waals surface area contributed by atoms with Gasteiger partial charge in [0.2, 0.25) is 0 Å². The van der Waals surface area contributed by atoms with Crippen LogP contribution in [0.4, 0.5) is 0 Å². The van der Waals surface area contributed by atoms with Crippen molar-refractivity contribution in [1.29, 1.82) is 0 Å². The molecule has 1 aromatic heterocycles. The van der Waals surface area contributed by atoms with Crippen molar-refractivity contribution in [1.82, 2.24) is 9.88 Å². The standard InChI is InChI=1S/C20H26N2O/c1-17-7-2-3-8-18(17)13-20(16-23)10-6-12-22(15-20)14-19-9-4-5-11-21-19/h2-5,7-9,11,23H,6,10,12-16H2,1H3/t20-/m0/s1. The van der Waals surface area contributed by atoms with Gasteiger partial charge in [-0.05, 0) is 56.0 Å². The van der Waals surface area contributed by atoms with Gasteiger partial charge >= 0.3 is 0 Å². The summed E-state index contributed by atoms with van der Waals surface area (Å²) in [5.74, 6) is 0. The number of piperidine rings is 1. The van der Waals surface area contributed by atoms with E-state index >= 15 is 0 Å². The normalized spacial score (nSPS) is 22.2. The Hall–Kier alpha value is -1.71. The Kier molecular flexibility index (Phi) is 5.09. The number of likely N-dealkylation sites (tertiary alicyclic amines) is 1. The molecule has 1 aliphatic heterocycles. The van der Waals surface area contributed by atoms with Crippen LogP contribution >= 0.6 is 0 Å². The zero-order valence-corrected chi connectivity index (χ0v) is 13.9. The van der Waals surface area contributed by atoms with Crippen molar-refractivity contribution in [3.05, 3.63) is 65.5 Å². The predicted octanol–water partition coefficient (Wildman–Crippen LogP) is 3.21. The van der Waals surface area contributed by atoms with E-state index in [1.165, 1.54) is 11.1 Å². The minimum absolute atomic E-state index is 0.0286. The fourth-order valence-corrected chi connectivity index (χ4v) is 3.71. The van der Waals surface area contributed by atoms with E-state index in [2.05, 4.69) is 47.1 Å². The summed E-state index contributed by atoms with van der Waals surface area (Å²) >= 11 is 0. The van der Waals surface area contributed by atoms with E-state index in [1.807, 2.05) is 18.3 Å². The maximum Gasteiger partial charge on any atom is 0.0543 e. The van der Waals surface area contributed by atoms with Gasteiger partial charge in [0, 0.05) is 24.7 Å². The fraction of sp³-hybridized carbons (Fsp3) is 0.450. The number of aliphatic hydroxyl groups excluding tert-OH is 1. The average Bonchev–Trinajstić information content (AvgIpc) is 2.58. The summed E-state index contributed by atoms with van der Waals surface area (Å²) in [6, 6.07) is 14.6. The lowest BCUT2D eigenvalue weighted by Gasteiger charge is -2.42. The Labute approximate surface area is 139 Å². The molecule has 3 nitrogen and oxygen atoms in total. The minimum atomic E-state index is -0.0286. The van der Waals surface area contributed by atoms with Crippen molar-refractivity contribution in [2.24, 2.45) is 5.41 Å². The van der Waals surface area contributed by atoms with Gasteiger partial charge < -0.3 is 5.11 Å². The van der Waals surface area contributed by atoms with E-state index in [9.17, 15) is 5.11 Å². The van der Waals surface area contributed by atoms with Gasteiger partial charge in [0.05, 0.1) is 12.3 Å². The first kappa shape index (κ1) is 16.2. The summed E-state index contributed by atoms with van der Waals surface area (Å²) in [5.41, 5.74) is 3.76. The van der Waals surface area contributed by atoms with Gasteiger partial charge in [0.15, 0.2) is 0 Å². The average molecular weight is 310 g/mol. The second-order valence-corrected chi connectivity index (χ2v) is 6.90. The molecule has 0 saturated carbocycles. The van der Waals surface area contributed by atoms with E-state index in [0.717, 1.165) is 44.6 Å². The molecule has 1 aromatic carbocycles. The van der Waals surface area contributed by atoms with Crippen LogP contribution in [0.15, 0.2) is 48.7 Å². The molecule has 2 heterocycles. The summed E-state index contributed by atoms with van der Waals surface area (Å²) in [4.78, 5) is 6.89. The lowest BCUT2D eigenvalue weighted by molar-refractivity contribution is 0.0282. The molecule has 1 saturated heterocycles. The lowest BCUT2D eigenvalue weighted by Crippen LogP contribution is -2.46. The molecule has 122 valence electrons. The molecule has 1 N–H and O–H groups in total. The van der Waals surface area contributed by atoms with E-state index in [-0.39, 0.29) is 12.0 Å². The molecule has 0 spiro atoms. The Morgan fingerprint density at radius 1 is 1.17 bits per heavy atom. The van der Waals surface area contributed by atoms with Crippen molar-refractivity contribution in [2.75, 3.05) is 19.7 Å². The first-order chi connectivity index (χ1) is 11.2. The van der Waals surface area contributed by atoms with Crippen molar-refractivity contribution < 1.29 is 5.11 Å². The van der Waals surface area contributed by atoms with Crippen molar-refractivity contribution >= 4 is 0 Å². The predicted molar refractivity (Wildman–Crippen MR) is 93.1 cm³/mol. The summed E-state index contributed by atoms with van der Waals surface area (Å²) < 4.78 is 0. The Morgan fingerprint density at radius 2 is 2.00 bits per heavy atom.